The Morgan fingerprint density at radius 3 is 2.67 bits per heavy atom. The van der Waals surface area contributed by atoms with Crippen LogP contribution in [-0.2, 0) is 41.9 Å². The zero-order chi connectivity index (χ0) is 22.8. The van der Waals surface area contributed by atoms with Crippen LogP contribution in [0, 0.1) is 0 Å². The van der Waals surface area contributed by atoms with Crippen LogP contribution in [0.1, 0.15) is 53.3 Å². The predicted molar refractivity (Wildman–Crippen MR) is 128 cm³/mol. The molecule has 2 aromatic carbocycles. The molecule has 0 radical (unpaired) electrons. The number of fused-ring (bicyclic) bond motifs is 2. The van der Waals surface area contributed by atoms with Crippen molar-refractivity contribution in [3.63, 3.8) is 0 Å². The summed E-state index contributed by atoms with van der Waals surface area (Å²) in [5.41, 5.74) is 5.04. The summed E-state index contributed by atoms with van der Waals surface area (Å²) in [6, 6.07) is 15.3. The van der Waals surface area contributed by atoms with Crippen molar-refractivity contribution in [3.05, 3.63) is 92.0 Å². The molecule has 0 fully saturated rings. The van der Waals surface area contributed by atoms with E-state index in [0.717, 1.165) is 24.0 Å². The Morgan fingerprint density at radius 2 is 1.85 bits per heavy atom. The fraction of sp³-hybridized carbons (Fsp3) is 0.346. The van der Waals surface area contributed by atoms with E-state index in [4.69, 9.17) is 16.3 Å². The molecule has 3 aromatic rings. The molecule has 7 heteroatoms. The van der Waals surface area contributed by atoms with Crippen LogP contribution in [0.4, 0.5) is 5.82 Å². The van der Waals surface area contributed by atoms with Gasteiger partial charge in [-0.25, -0.2) is 9.78 Å². The average molecular weight is 464 g/mol. The minimum Gasteiger partial charge on any atom is -0.459 e. The number of aryl methyl sites for hydroxylation is 2. The number of aromatic nitrogens is 2. The zero-order valence-corrected chi connectivity index (χ0v) is 19.1. The fourth-order valence-electron chi connectivity index (χ4n) is 4.75. The van der Waals surface area contributed by atoms with E-state index >= 15 is 0 Å². The highest BCUT2D eigenvalue weighted by atomic mass is 35.5. The third-order valence-corrected chi connectivity index (χ3v) is 6.80. The monoisotopic (exact) mass is 463 g/mol. The van der Waals surface area contributed by atoms with E-state index in [-0.39, 0.29) is 23.1 Å². The van der Waals surface area contributed by atoms with Gasteiger partial charge in [-0.1, -0.05) is 60.1 Å². The number of halogens is 1. The maximum atomic E-state index is 13.2. The first kappa shape index (κ1) is 21.7. The topological polar surface area (TPSA) is 73.2 Å². The summed E-state index contributed by atoms with van der Waals surface area (Å²) < 4.78 is 6.96. The van der Waals surface area contributed by atoms with Crippen molar-refractivity contribution in [1.29, 1.82) is 0 Å². The number of nitrogens with one attached hydrogen (secondary N) is 1. The normalized spacial score (nSPS) is 16.7. The molecule has 0 amide bonds. The number of nitrogens with zero attached hydrogens (tertiary/aromatic N) is 2. The number of rotatable bonds is 6. The molecule has 6 nitrogen and oxygen atoms in total. The fourth-order valence-corrected chi connectivity index (χ4v) is 5.02. The summed E-state index contributed by atoms with van der Waals surface area (Å²) in [6.07, 6.45) is 5.67. The molecule has 2 heterocycles. The van der Waals surface area contributed by atoms with Crippen LogP contribution in [0.25, 0.3) is 0 Å². The second-order valence-electron chi connectivity index (χ2n) is 8.68. The van der Waals surface area contributed by atoms with E-state index in [2.05, 4.69) is 28.5 Å². The number of esters is 1. The van der Waals surface area contributed by atoms with Gasteiger partial charge in [0.1, 0.15) is 12.6 Å². The molecule has 0 saturated heterocycles. The third kappa shape index (κ3) is 4.53. The lowest BCUT2D eigenvalue weighted by Gasteiger charge is -2.18. The zero-order valence-electron chi connectivity index (χ0n) is 18.4. The van der Waals surface area contributed by atoms with Crippen LogP contribution < -0.4 is 10.9 Å². The summed E-state index contributed by atoms with van der Waals surface area (Å²) in [6.45, 7) is 0.636. The lowest BCUT2D eigenvalue weighted by Crippen LogP contribution is -2.31. The standard InChI is InChI=1S/C26H26ClN3O3/c27-23-21-12-13-22(26(32)33-16-17-6-2-1-3-7-17)30(21)25(31)24(29-23)28-15-18-10-11-19-8-4-5-9-20(19)14-18/h1-3,6-7,10-11,14,22H,4-5,8-9,12-13,15-16H2,(H,28,29)/t22-/m0/s1. The molecule has 5 rings (SSSR count). The van der Waals surface area contributed by atoms with E-state index in [1.54, 1.807) is 0 Å². The molecule has 1 aliphatic carbocycles. The molecule has 2 aliphatic rings. The van der Waals surface area contributed by atoms with E-state index in [0.29, 0.717) is 25.1 Å². The van der Waals surface area contributed by atoms with Crippen molar-refractivity contribution < 1.29 is 9.53 Å². The van der Waals surface area contributed by atoms with Crippen molar-refractivity contribution in [3.8, 4) is 0 Å². The second-order valence-corrected chi connectivity index (χ2v) is 9.04. The third-order valence-electron chi connectivity index (χ3n) is 6.50. The number of hydrogen-bond acceptors (Lipinski definition) is 5. The summed E-state index contributed by atoms with van der Waals surface area (Å²) in [5.74, 6) is -0.271. The molecule has 1 atom stereocenters. The first-order chi connectivity index (χ1) is 16.1. The maximum Gasteiger partial charge on any atom is 0.329 e. The molecular formula is C26H26ClN3O3. The maximum absolute atomic E-state index is 13.2. The summed E-state index contributed by atoms with van der Waals surface area (Å²) in [7, 11) is 0. The van der Waals surface area contributed by atoms with E-state index in [9.17, 15) is 9.59 Å². The quantitative estimate of drug-likeness (QED) is 0.540. The summed E-state index contributed by atoms with van der Waals surface area (Å²) in [5, 5.41) is 3.39. The molecule has 0 unspecified atom stereocenters. The Morgan fingerprint density at radius 1 is 1.06 bits per heavy atom. The van der Waals surface area contributed by atoms with Gasteiger partial charge in [0.25, 0.3) is 5.56 Å². The van der Waals surface area contributed by atoms with Crippen LogP contribution in [0.15, 0.2) is 53.3 Å². The van der Waals surface area contributed by atoms with Gasteiger partial charge in [0, 0.05) is 6.54 Å². The number of benzene rings is 2. The van der Waals surface area contributed by atoms with Gasteiger partial charge in [-0.2, -0.15) is 0 Å². The number of anilines is 1. The number of carbonyl (C=O) groups is 1. The van der Waals surface area contributed by atoms with Gasteiger partial charge >= 0.3 is 5.97 Å². The van der Waals surface area contributed by atoms with Gasteiger partial charge in [0.05, 0.1) is 5.69 Å². The Bertz CT molecular complexity index is 1240. The largest absolute Gasteiger partial charge is 0.459 e. The van der Waals surface area contributed by atoms with E-state index < -0.39 is 12.0 Å². The predicted octanol–water partition coefficient (Wildman–Crippen LogP) is 4.62. The van der Waals surface area contributed by atoms with Crippen LogP contribution >= 0.6 is 11.6 Å². The Kier molecular flexibility index (Phi) is 6.18. The molecular weight excluding hydrogens is 438 g/mol. The lowest BCUT2D eigenvalue weighted by molar-refractivity contribution is -0.148. The summed E-state index contributed by atoms with van der Waals surface area (Å²) in [4.78, 5) is 30.3. The number of hydrogen-bond donors (Lipinski definition) is 1. The van der Waals surface area contributed by atoms with Gasteiger partial charge in [-0.3, -0.25) is 9.36 Å². The van der Waals surface area contributed by atoms with Gasteiger partial charge in [-0.05, 0) is 60.8 Å². The second kappa shape index (κ2) is 9.40. The van der Waals surface area contributed by atoms with Gasteiger partial charge < -0.3 is 10.1 Å². The Hall–Kier alpha value is -3.12. The van der Waals surface area contributed by atoms with Crippen molar-refractivity contribution in [2.24, 2.45) is 0 Å². The first-order valence-electron chi connectivity index (χ1n) is 11.5. The van der Waals surface area contributed by atoms with Crippen molar-refractivity contribution in [2.75, 3.05) is 5.32 Å². The SMILES string of the molecule is O=C(OCc1ccccc1)[C@@H]1CCc2c(Cl)nc(NCc3ccc4c(c3)CCCC4)c(=O)n21. The van der Waals surface area contributed by atoms with Gasteiger partial charge in [-0.15, -0.1) is 0 Å². The smallest absolute Gasteiger partial charge is 0.329 e. The van der Waals surface area contributed by atoms with E-state index in [1.807, 2.05) is 30.3 Å². The molecule has 0 bridgehead atoms. The Balaban J connectivity index is 1.33. The Labute approximate surface area is 197 Å². The molecule has 170 valence electrons. The van der Waals surface area contributed by atoms with E-state index in [1.165, 1.54) is 28.5 Å². The highest BCUT2D eigenvalue weighted by Gasteiger charge is 2.33. The molecule has 0 spiro atoms. The van der Waals surface area contributed by atoms with Crippen LogP contribution in [0.3, 0.4) is 0 Å². The van der Waals surface area contributed by atoms with Crippen molar-refractivity contribution in [2.45, 2.75) is 57.7 Å². The van der Waals surface area contributed by atoms with Crippen molar-refractivity contribution >= 4 is 23.4 Å². The van der Waals surface area contributed by atoms with Crippen LogP contribution in [0.2, 0.25) is 5.15 Å². The average Bonchev–Trinajstić information content (AvgIpc) is 3.31. The molecule has 1 N–H and O–H groups in total. The van der Waals surface area contributed by atoms with Crippen LogP contribution in [-0.4, -0.2) is 15.5 Å². The highest BCUT2D eigenvalue weighted by Crippen LogP contribution is 2.30. The minimum atomic E-state index is -0.694. The summed E-state index contributed by atoms with van der Waals surface area (Å²) >= 11 is 6.40. The lowest BCUT2D eigenvalue weighted by atomic mass is 9.90. The molecule has 1 aliphatic heterocycles. The molecule has 1 aromatic heterocycles. The van der Waals surface area contributed by atoms with Gasteiger partial charge in [0.2, 0.25) is 0 Å². The van der Waals surface area contributed by atoms with Gasteiger partial charge in [0.15, 0.2) is 11.0 Å². The highest BCUT2D eigenvalue weighted by molar-refractivity contribution is 6.30. The molecule has 33 heavy (non-hydrogen) atoms. The minimum absolute atomic E-state index is 0.157. The number of carbonyl (C=O) groups excluding carboxylic acids is 1. The molecule has 0 saturated carbocycles. The first-order valence-corrected chi connectivity index (χ1v) is 11.8. The van der Waals surface area contributed by atoms with Crippen molar-refractivity contribution in [1.82, 2.24) is 9.55 Å². The number of ether oxygens (including phenoxy) is 1. The van der Waals surface area contributed by atoms with Crippen LogP contribution in [0.5, 0.6) is 0 Å².